The molecule has 3 heteroatoms. The first-order chi connectivity index (χ1) is 11.0. The van der Waals surface area contributed by atoms with Crippen molar-refractivity contribution in [3.05, 3.63) is 65.7 Å². The summed E-state index contributed by atoms with van der Waals surface area (Å²) in [4.78, 5) is 16.0. The number of hydrogen-bond acceptors (Lipinski definition) is 2. The van der Waals surface area contributed by atoms with Gasteiger partial charge >= 0.3 is 0 Å². The van der Waals surface area contributed by atoms with Crippen molar-refractivity contribution in [1.82, 2.24) is 4.90 Å². The number of thioether (sulfide) groups is 1. The van der Waals surface area contributed by atoms with Crippen molar-refractivity contribution in [2.45, 2.75) is 50.4 Å². The average molecular weight is 327 g/mol. The van der Waals surface area contributed by atoms with E-state index in [0.29, 0.717) is 6.54 Å². The maximum atomic E-state index is 12.9. The third kappa shape index (κ3) is 5.14. The van der Waals surface area contributed by atoms with Crippen molar-refractivity contribution in [3.8, 4) is 0 Å². The number of aryl methyl sites for hydroxylation is 1. The molecule has 1 unspecified atom stereocenters. The number of nitrogens with zero attached hydrogens (tertiary/aromatic N) is 1. The van der Waals surface area contributed by atoms with Crippen LogP contribution in [0.15, 0.2) is 59.5 Å². The summed E-state index contributed by atoms with van der Waals surface area (Å²) >= 11 is 1.63. The first-order valence-electron chi connectivity index (χ1n) is 8.05. The largest absolute Gasteiger partial charge is 0.335 e. The number of rotatable bonds is 6. The molecule has 0 bridgehead atoms. The van der Waals surface area contributed by atoms with Crippen molar-refractivity contribution in [3.63, 3.8) is 0 Å². The van der Waals surface area contributed by atoms with Crippen molar-refractivity contribution in [2.24, 2.45) is 0 Å². The van der Waals surface area contributed by atoms with Crippen molar-refractivity contribution >= 4 is 17.7 Å². The van der Waals surface area contributed by atoms with Gasteiger partial charge in [0.05, 0.1) is 5.25 Å². The van der Waals surface area contributed by atoms with Crippen LogP contribution < -0.4 is 0 Å². The molecule has 2 aromatic rings. The van der Waals surface area contributed by atoms with E-state index in [1.54, 1.807) is 11.8 Å². The first-order valence-corrected chi connectivity index (χ1v) is 8.93. The van der Waals surface area contributed by atoms with E-state index in [9.17, 15) is 4.79 Å². The number of carbonyl (C=O) groups is 1. The molecule has 0 aliphatic heterocycles. The first kappa shape index (κ1) is 17.6. The highest BCUT2D eigenvalue weighted by atomic mass is 32.2. The molecule has 0 spiro atoms. The van der Waals surface area contributed by atoms with Crippen molar-refractivity contribution in [2.75, 3.05) is 0 Å². The fraction of sp³-hybridized carbons (Fsp3) is 0.350. The predicted molar refractivity (Wildman–Crippen MR) is 98.6 cm³/mol. The van der Waals surface area contributed by atoms with Crippen LogP contribution in [-0.4, -0.2) is 22.1 Å². The van der Waals surface area contributed by atoms with Crippen LogP contribution in [0.5, 0.6) is 0 Å². The third-order valence-electron chi connectivity index (χ3n) is 3.78. The molecule has 2 aromatic carbocycles. The lowest BCUT2D eigenvalue weighted by molar-refractivity contribution is -0.132. The topological polar surface area (TPSA) is 20.3 Å². The molecule has 0 saturated heterocycles. The summed E-state index contributed by atoms with van der Waals surface area (Å²) in [6.07, 6.45) is 0. The average Bonchev–Trinajstić information content (AvgIpc) is 2.55. The molecule has 0 aliphatic rings. The van der Waals surface area contributed by atoms with Gasteiger partial charge in [-0.3, -0.25) is 4.79 Å². The van der Waals surface area contributed by atoms with Gasteiger partial charge in [0.15, 0.2) is 0 Å². The minimum absolute atomic E-state index is 0.0937. The Kier molecular flexibility index (Phi) is 6.28. The van der Waals surface area contributed by atoms with E-state index in [0.717, 1.165) is 4.90 Å². The molecule has 0 heterocycles. The summed E-state index contributed by atoms with van der Waals surface area (Å²) in [7, 11) is 0. The third-order valence-corrected chi connectivity index (χ3v) is 4.88. The van der Waals surface area contributed by atoms with Gasteiger partial charge in [-0.05, 0) is 45.4 Å². The molecular formula is C20H25NOS. The molecule has 0 N–H and O–H groups in total. The second-order valence-corrected chi connectivity index (χ2v) is 7.53. The fourth-order valence-corrected chi connectivity index (χ4v) is 3.34. The van der Waals surface area contributed by atoms with Crippen LogP contribution in [0.3, 0.4) is 0 Å². The SMILES string of the molecule is Cc1ccc(SC(C)C(=O)N(Cc2ccccc2)C(C)C)cc1. The Morgan fingerprint density at radius 1 is 1.00 bits per heavy atom. The molecule has 23 heavy (non-hydrogen) atoms. The lowest BCUT2D eigenvalue weighted by Gasteiger charge is -2.29. The summed E-state index contributed by atoms with van der Waals surface area (Å²) in [6, 6.07) is 18.7. The summed E-state index contributed by atoms with van der Waals surface area (Å²) in [6.45, 7) is 8.88. The summed E-state index contributed by atoms with van der Waals surface area (Å²) < 4.78 is 0. The number of benzene rings is 2. The maximum absolute atomic E-state index is 12.9. The Balaban J connectivity index is 2.06. The zero-order valence-electron chi connectivity index (χ0n) is 14.3. The fourth-order valence-electron chi connectivity index (χ4n) is 2.40. The molecule has 1 atom stereocenters. The minimum atomic E-state index is -0.0937. The van der Waals surface area contributed by atoms with E-state index in [4.69, 9.17) is 0 Å². The summed E-state index contributed by atoms with van der Waals surface area (Å²) in [5, 5.41) is -0.0937. The van der Waals surface area contributed by atoms with Gasteiger partial charge < -0.3 is 4.90 Å². The van der Waals surface area contributed by atoms with Gasteiger partial charge in [-0.2, -0.15) is 0 Å². The van der Waals surface area contributed by atoms with Crippen LogP contribution in [0.25, 0.3) is 0 Å². The Hall–Kier alpha value is -1.74. The van der Waals surface area contributed by atoms with E-state index in [1.165, 1.54) is 11.1 Å². The Bertz CT molecular complexity index is 622. The molecule has 2 rings (SSSR count). The second-order valence-electron chi connectivity index (χ2n) is 6.12. The molecular weight excluding hydrogens is 302 g/mol. The van der Waals surface area contributed by atoms with Gasteiger partial charge in [0, 0.05) is 17.5 Å². The van der Waals surface area contributed by atoms with E-state index in [-0.39, 0.29) is 17.2 Å². The van der Waals surface area contributed by atoms with E-state index in [2.05, 4.69) is 57.2 Å². The summed E-state index contributed by atoms with van der Waals surface area (Å²) in [5.74, 6) is 0.189. The molecule has 0 aromatic heterocycles. The molecule has 0 aliphatic carbocycles. The lowest BCUT2D eigenvalue weighted by Crippen LogP contribution is -2.40. The van der Waals surface area contributed by atoms with Gasteiger partial charge in [-0.15, -0.1) is 11.8 Å². The van der Waals surface area contributed by atoms with Gasteiger partial charge in [0.25, 0.3) is 0 Å². The monoisotopic (exact) mass is 327 g/mol. The van der Waals surface area contributed by atoms with Crippen LogP contribution >= 0.6 is 11.8 Å². The Morgan fingerprint density at radius 2 is 1.61 bits per heavy atom. The zero-order valence-corrected chi connectivity index (χ0v) is 15.1. The highest BCUT2D eigenvalue weighted by molar-refractivity contribution is 8.00. The molecule has 1 amide bonds. The van der Waals surface area contributed by atoms with E-state index < -0.39 is 0 Å². The predicted octanol–water partition coefficient (Wildman–Crippen LogP) is 4.91. The normalized spacial score (nSPS) is 12.2. The van der Waals surface area contributed by atoms with Crippen molar-refractivity contribution < 1.29 is 4.79 Å². The smallest absolute Gasteiger partial charge is 0.236 e. The number of carbonyl (C=O) groups excluding carboxylic acids is 1. The second kappa shape index (κ2) is 8.21. The van der Waals surface area contributed by atoms with Gasteiger partial charge in [0.2, 0.25) is 5.91 Å². The van der Waals surface area contributed by atoms with Crippen LogP contribution in [0.1, 0.15) is 31.9 Å². The van der Waals surface area contributed by atoms with Gasteiger partial charge in [0.1, 0.15) is 0 Å². The molecule has 122 valence electrons. The molecule has 0 fully saturated rings. The molecule has 2 nitrogen and oxygen atoms in total. The minimum Gasteiger partial charge on any atom is -0.335 e. The lowest BCUT2D eigenvalue weighted by atomic mass is 10.2. The number of amides is 1. The van der Waals surface area contributed by atoms with Gasteiger partial charge in [-0.25, -0.2) is 0 Å². The summed E-state index contributed by atoms with van der Waals surface area (Å²) in [5.41, 5.74) is 2.41. The van der Waals surface area contributed by atoms with Gasteiger partial charge in [-0.1, -0.05) is 48.0 Å². The van der Waals surface area contributed by atoms with E-state index >= 15 is 0 Å². The molecule has 0 saturated carbocycles. The Labute approximate surface area is 143 Å². The quantitative estimate of drug-likeness (QED) is 0.702. The Morgan fingerprint density at radius 3 is 2.17 bits per heavy atom. The van der Waals surface area contributed by atoms with E-state index in [1.807, 2.05) is 30.0 Å². The maximum Gasteiger partial charge on any atom is 0.236 e. The number of hydrogen-bond donors (Lipinski definition) is 0. The van der Waals surface area contributed by atoms with Crippen LogP contribution in [-0.2, 0) is 11.3 Å². The van der Waals surface area contributed by atoms with Crippen LogP contribution in [0.2, 0.25) is 0 Å². The van der Waals surface area contributed by atoms with Crippen LogP contribution in [0.4, 0.5) is 0 Å². The van der Waals surface area contributed by atoms with Crippen LogP contribution in [0, 0.1) is 6.92 Å². The highest BCUT2D eigenvalue weighted by Gasteiger charge is 2.23. The molecule has 0 radical (unpaired) electrons. The highest BCUT2D eigenvalue weighted by Crippen LogP contribution is 2.26. The standard InChI is InChI=1S/C20H25NOS/c1-15(2)21(14-18-8-6-5-7-9-18)20(22)17(4)23-19-12-10-16(3)11-13-19/h5-13,15,17H,14H2,1-4H3. The zero-order chi connectivity index (χ0) is 16.8. The van der Waals surface area contributed by atoms with Crippen molar-refractivity contribution in [1.29, 1.82) is 0 Å².